The summed E-state index contributed by atoms with van der Waals surface area (Å²) in [6, 6.07) is 0. The number of carbonyl (C=O) groups is 4. The number of carbonyl (C=O) groups excluding carboxylic acids is 1. The normalized spacial score (nSPS) is 27.2. The van der Waals surface area contributed by atoms with E-state index in [1.54, 1.807) is 32.1 Å². The minimum Gasteiger partial charge on any atom is -0.481 e. The minimum atomic E-state index is -1.09. The number of hydrogen-bond acceptors (Lipinski definition) is 7. The molecule has 0 unspecified atom stereocenters. The van der Waals surface area contributed by atoms with E-state index in [0.717, 1.165) is 49.8 Å². The van der Waals surface area contributed by atoms with Gasteiger partial charge in [-0.1, -0.05) is 88.5 Å². The Kier molecular flexibility index (Phi) is 16.7. The van der Waals surface area contributed by atoms with Crippen molar-refractivity contribution in [1.82, 2.24) is 0 Å². The van der Waals surface area contributed by atoms with Crippen molar-refractivity contribution in [1.29, 1.82) is 0 Å². The average molecular weight is 673 g/mol. The number of allylic oxidation sites excluding steroid dienone is 4. The third-order valence-corrected chi connectivity index (χ3v) is 9.46. The van der Waals surface area contributed by atoms with Crippen LogP contribution < -0.4 is 0 Å². The topological polar surface area (TPSA) is 168 Å². The molecule has 268 valence electrons. The second kappa shape index (κ2) is 19.6. The monoisotopic (exact) mass is 672 g/mol. The molecule has 0 aromatic rings. The molecule has 2 fully saturated rings. The summed E-state index contributed by atoms with van der Waals surface area (Å²) >= 11 is 0. The molecule has 2 aliphatic heterocycles. The largest absolute Gasteiger partial charge is 0.481 e. The fourth-order valence-electron chi connectivity index (χ4n) is 6.50. The number of ether oxygens (including phenoxy) is 2. The second-order valence-electron chi connectivity index (χ2n) is 13.6. The lowest BCUT2D eigenvalue weighted by Gasteiger charge is -2.44. The smallest absolute Gasteiger partial charge is 0.328 e. The van der Waals surface area contributed by atoms with Gasteiger partial charge in [0, 0.05) is 37.3 Å². The van der Waals surface area contributed by atoms with Crippen LogP contribution in [0.3, 0.4) is 0 Å². The summed E-state index contributed by atoms with van der Waals surface area (Å²) in [5, 5.41) is 37.7. The van der Waals surface area contributed by atoms with Gasteiger partial charge < -0.3 is 29.9 Å². The molecule has 1 spiro atoms. The molecule has 0 aliphatic carbocycles. The minimum absolute atomic E-state index is 0.152. The SMILES string of the molecule is CCCCCC[C@]1([C@H](/C=C/C(C)=C/C(=O)O)C(=O)CCC(=O)O)CC[C@]2(CC[C@H](C)[C@@H](C/C=C(C)/C=C/[C@H](O)[C@@H](C)/C=C/C(=O)O)O2)O1. The molecule has 2 rings (SSSR count). The van der Waals surface area contributed by atoms with Crippen molar-refractivity contribution >= 4 is 23.7 Å². The molecule has 0 amide bonds. The summed E-state index contributed by atoms with van der Waals surface area (Å²) in [5.74, 6) is -5.23. The number of aliphatic hydroxyl groups is 1. The fourth-order valence-corrected chi connectivity index (χ4v) is 6.50. The van der Waals surface area contributed by atoms with E-state index in [9.17, 15) is 34.5 Å². The third-order valence-electron chi connectivity index (χ3n) is 9.46. The van der Waals surface area contributed by atoms with Gasteiger partial charge in [-0.2, -0.15) is 0 Å². The van der Waals surface area contributed by atoms with Crippen LogP contribution >= 0.6 is 0 Å². The molecular formula is C38H56O10. The zero-order valence-electron chi connectivity index (χ0n) is 29.2. The first-order valence-electron chi connectivity index (χ1n) is 17.3. The Morgan fingerprint density at radius 2 is 1.58 bits per heavy atom. The van der Waals surface area contributed by atoms with Crippen molar-refractivity contribution in [3.63, 3.8) is 0 Å². The van der Waals surface area contributed by atoms with Gasteiger partial charge in [0.15, 0.2) is 5.79 Å². The number of carboxylic acids is 3. The summed E-state index contributed by atoms with van der Waals surface area (Å²) in [4.78, 5) is 47.1. The molecule has 0 aromatic heterocycles. The number of aliphatic hydroxyl groups excluding tert-OH is 1. The number of unbranched alkanes of at least 4 members (excludes halogenated alkanes) is 3. The van der Waals surface area contributed by atoms with Gasteiger partial charge in [0.05, 0.1) is 30.1 Å². The maximum absolute atomic E-state index is 13.7. The lowest BCUT2D eigenvalue weighted by Crippen LogP contribution is -2.49. The predicted molar refractivity (Wildman–Crippen MR) is 183 cm³/mol. The molecule has 48 heavy (non-hydrogen) atoms. The number of Topliss-reactive ketones (excluding diaryl/α,β-unsaturated/α-hetero) is 1. The number of carboxylic acid groups (broad SMARTS) is 3. The average Bonchev–Trinajstić information content (AvgIpc) is 3.38. The molecule has 2 saturated heterocycles. The van der Waals surface area contributed by atoms with Crippen LogP contribution in [0.1, 0.15) is 112 Å². The van der Waals surface area contributed by atoms with Crippen molar-refractivity contribution in [2.75, 3.05) is 0 Å². The zero-order chi connectivity index (χ0) is 35.9. The molecule has 10 nitrogen and oxygen atoms in total. The second-order valence-corrected chi connectivity index (χ2v) is 13.6. The van der Waals surface area contributed by atoms with Crippen LogP contribution in [0, 0.1) is 17.8 Å². The standard InChI is InChI=1S/C38H56O10/c1-6-7-8-9-21-37(30(32(40)16-19-35(43)44)14-10-27(3)25-36(45)46)23-24-38(48-37)22-20-29(5)33(47-38)17-12-26(2)11-15-31(39)28(4)13-18-34(41)42/h10-15,18,25,28-31,33,39H,6-9,16-17,19-24H2,1-5H3,(H,41,42)(H,43,44)(H,45,46)/b14-10+,15-11+,18-13+,26-12+,27-25+/t28-,29-,30+,31-,33+,37+,38-/m0/s1. The summed E-state index contributed by atoms with van der Waals surface area (Å²) in [6.45, 7) is 9.58. The van der Waals surface area contributed by atoms with E-state index < -0.39 is 41.3 Å². The maximum atomic E-state index is 13.7. The Morgan fingerprint density at radius 1 is 0.875 bits per heavy atom. The Labute approximate surface area is 285 Å². The lowest BCUT2D eigenvalue weighted by molar-refractivity contribution is -0.302. The molecule has 0 radical (unpaired) electrons. The van der Waals surface area contributed by atoms with Crippen LogP contribution in [0.15, 0.2) is 59.8 Å². The summed E-state index contributed by atoms with van der Waals surface area (Å²) in [5.41, 5.74) is 0.478. The highest BCUT2D eigenvalue weighted by atomic mass is 16.7. The Balaban J connectivity index is 2.33. The molecule has 0 aromatic carbocycles. The van der Waals surface area contributed by atoms with E-state index in [4.69, 9.17) is 14.6 Å². The molecule has 0 saturated carbocycles. The van der Waals surface area contributed by atoms with Gasteiger partial charge in [0.1, 0.15) is 5.78 Å². The van der Waals surface area contributed by atoms with E-state index in [1.807, 2.05) is 19.1 Å². The van der Waals surface area contributed by atoms with Crippen LogP contribution in [0.4, 0.5) is 0 Å². The number of rotatable bonds is 20. The number of ketones is 1. The van der Waals surface area contributed by atoms with E-state index in [0.29, 0.717) is 37.7 Å². The molecule has 7 atom stereocenters. The molecule has 2 aliphatic rings. The van der Waals surface area contributed by atoms with Crippen molar-refractivity contribution in [3.05, 3.63) is 59.8 Å². The van der Waals surface area contributed by atoms with Gasteiger partial charge in [-0.25, -0.2) is 9.59 Å². The van der Waals surface area contributed by atoms with Gasteiger partial charge in [0.25, 0.3) is 0 Å². The van der Waals surface area contributed by atoms with E-state index in [-0.39, 0.29) is 36.6 Å². The zero-order valence-corrected chi connectivity index (χ0v) is 29.2. The third kappa shape index (κ3) is 13.3. The van der Waals surface area contributed by atoms with Crippen LogP contribution in [-0.2, 0) is 28.7 Å². The van der Waals surface area contributed by atoms with E-state index in [2.05, 4.69) is 13.8 Å². The van der Waals surface area contributed by atoms with Crippen LogP contribution in [0.2, 0.25) is 0 Å². The van der Waals surface area contributed by atoms with Crippen LogP contribution in [-0.4, -0.2) is 67.7 Å². The number of hydrogen-bond donors (Lipinski definition) is 4. The fraction of sp³-hybridized carbons (Fsp3) is 0.632. The van der Waals surface area contributed by atoms with Crippen LogP contribution in [0.25, 0.3) is 0 Å². The summed E-state index contributed by atoms with van der Waals surface area (Å²) < 4.78 is 13.8. The number of aliphatic carboxylic acids is 3. The highest BCUT2D eigenvalue weighted by Crippen LogP contribution is 2.52. The Bertz CT molecular complexity index is 1260. The van der Waals surface area contributed by atoms with Crippen molar-refractivity contribution in [3.8, 4) is 0 Å². The van der Waals surface area contributed by atoms with Gasteiger partial charge in [-0.3, -0.25) is 9.59 Å². The molecule has 10 heteroatoms. The molecule has 0 bridgehead atoms. The molecule has 4 N–H and O–H groups in total. The van der Waals surface area contributed by atoms with Crippen molar-refractivity contribution in [2.24, 2.45) is 17.8 Å². The van der Waals surface area contributed by atoms with Crippen LogP contribution in [0.5, 0.6) is 0 Å². The van der Waals surface area contributed by atoms with Gasteiger partial charge in [0.2, 0.25) is 0 Å². The van der Waals surface area contributed by atoms with Gasteiger partial charge in [-0.15, -0.1) is 0 Å². The molecule has 2 heterocycles. The highest BCUT2D eigenvalue weighted by molar-refractivity contribution is 5.87. The highest BCUT2D eigenvalue weighted by Gasteiger charge is 2.56. The lowest BCUT2D eigenvalue weighted by atomic mass is 9.76. The van der Waals surface area contributed by atoms with Gasteiger partial charge in [-0.05, 0) is 51.0 Å². The molecular weight excluding hydrogens is 616 g/mol. The van der Waals surface area contributed by atoms with Crippen molar-refractivity contribution in [2.45, 2.75) is 135 Å². The summed E-state index contributed by atoms with van der Waals surface area (Å²) in [6.07, 6.45) is 18.7. The first-order valence-corrected chi connectivity index (χ1v) is 17.3. The predicted octanol–water partition coefficient (Wildman–Crippen LogP) is 7.19. The quantitative estimate of drug-likeness (QED) is 0.0590. The van der Waals surface area contributed by atoms with E-state index >= 15 is 0 Å². The van der Waals surface area contributed by atoms with E-state index in [1.165, 1.54) is 6.08 Å². The Hall–Kier alpha value is -3.34. The summed E-state index contributed by atoms with van der Waals surface area (Å²) in [7, 11) is 0. The van der Waals surface area contributed by atoms with Crippen molar-refractivity contribution < 1.29 is 49.1 Å². The van der Waals surface area contributed by atoms with Gasteiger partial charge >= 0.3 is 17.9 Å². The first-order chi connectivity index (χ1) is 22.6. The Morgan fingerprint density at radius 3 is 2.23 bits per heavy atom. The maximum Gasteiger partial charge on any atom is 0.328 e. The first kappa shape index (κ1) is 40.8.